The van der Waals surface area contributed by atoms with Crippen molar-refractivity contribution in [1.29, 1.82) is 0 Å². The highest BCUT2D eigenvalue weighted by Gasteiger charge is 2.20. The molecule has 2 N–H and O–H groups in total. The molecule has 0 spiro atoms. The number of hydrogen-bond donors (Lipinski definition) is 2. The summed E-state index contributed by atoms with van der Waals surface area (Å²) < 4.78 is 1.57. The van der Waals surface area contributed by atoms with E-state index in [2.05, 4.69) is 20.5 Å². The van der Waals surface area contributed by atoms with Crippen molar-refractivity contribution in [3.63, 3.8) is 0 Å². The van der Waals surface area contributed by atoms with Crippen LogP contribution in [0.5, 0.6) is 0 Å². The van der Waals surface area contributed by atoms with Gasteiger partial charge in [-0.1, -0.05) is 18.2 Å². The molecule has 0 fully saturated rings. The van der Waals surface area contributed by atoms with Crippen molar-refractivity contribution in [3.8, 4) is 0 Å². The summed E-state index contributed by atoms with van der Waals surface area (Å²) in [5, 5.41) is 12.1. The molecule has 1 aliphatic rings. The lowest BCUT2D eigenvalue weighted by Crippen LogP contribution is -2.26. The van der Waals surface area contributed by atoms with E-state index in [4.69, 9.17) is 0 Å². The zero-order valence-electron chi connectivity index (χ0n) is 14.2. The van der Waals surface area contributed by atoms with Gasteiger partial charge in [-0.15, -0.1) is 23.7 Å². The normalized spacial score (nSPS) is 13.5. The first kappa shape index (κ1) is 17.8. The molecule has 0 bridgehead atoms. The molecule has 1 aromatic carbocycles. The number of aromatic nitrogens is 4. The summed E-state index contributed by atoms with van der Waals surface area (Å²) in [6.45, 7) is 1.93. The van der Waals surface area contributed by atoms with E-state index in [1.54, 1.807) is 28.3 Å². The molecule has 0 amide bonds. The molecule has 4 heterocycles. The quantitative estimate of drug-likeness (QED) is 0.534. The minimum absolute atomic E-state index is 0. The number of aromatic amines is 1. The summed E-state index contributed by atoms with van der Waals surface area (Å²) in [5.74, 6) is 0. The SMILES string of the molecule is Cl.O=c1[nH]nc(Cn2cnc3sc4c(c3c2=O)CCNC4)c2ccccc12. The van der Waals surface area contributed by atoms with E-state index in [1.165, 1.54) is 4.88 Å². The molecule has 138 valence electrons. The van der Waals surface area contributed by atoms with Crippen molar-refractivity contribution in [3.05, 3.63) is 67.4 Å². The third-order valence-corrected chi connectivity index (χ3v) is 5.93. The van der Waals surface area contributed by atoms with Crippen molar-refractivity contribution < 1.29 is 0 Å². The van der Waals surface area contributed by atoms with Crippen LogP contribution in [0.15, 0.2) is 40.2 Å². The molecule has 0 saturated carbocycles. The first-order valence-corrected chi connectivity index (χ1v) is 9.21. The lowest BCUT2D eigenvalue weighted by molar-refractivity contribution is 0.655. The van der Waals surface area contributed by atoms with Gasteiger partial charge in [0.1, 0.15) is 4.83 Å². The van der Waals surface area contributed by atoms with Gasteiger partial charge in [0.15, 0.2) is 0 Å². The Bertz CT molecular complexity index is 1280. The molecule has 0 radical (unpaired) electrons. The summed E-state index contributed by atoms with van der Waals surface area (Å²) in [6.07, 6.45) is 2.41. The topological polar surface area (TPSA) is 92.7 Å². The molecule has 0 atom stereocenters. The lowest BCUT2D eigenvalue weighted by Gasteiger charge is -2.12. The van der Waals surface area contributed by atoms with Gasteiger partial charge in [0, 0.05) is 16.8 Å². The molecule has 0 aliphatic carbocycles. The minimum Gasteiger partial charge on any atom is -0.312 e. The Labute approximate surface area is 163 Å². The molecule has 9 heteroatoms. The number of rotatable bonds is 2. The van der Waals surface area contributed by atoms with Crippen LogP contribution in [0, 0.1) is 0 Å². The maximum Gasteiger partial charge on any atom is 0.272 e. The van der Waals surface area contributed by atoms with Gasteiger partial charge < -0.3 is 5.32 Å². The Morgan fingerprint density at radius 1 is 1.19 bits per heavy atom. The molecular weight excluding hydrogens is 386 g/mol. The van der Waals surface area contributed by atoms with Crippen LogP contribution >= 0.6 is 23.7 Å². The van der Waals surface area contributed by atoms with Crippen LogP contribution in [0.1, 0.15) is 16.1 Å². The van der Waals surface area contributed by atoms with E-state index in [1.807, 2.05) is 18.2 Å². The summed E-state index contributed by atoms with van der Waals surface area (Å²) >= 11 is 1.58. The fraction of sp³-hybridized carbons (Fsp3) is 0.222. The van der Waals surface area contributed by atoms with Gasteiger partial charge in [-0.05, 0) is 24.6 Å². The Hall–Kier alpha value is -2.55. The van der Waals surface area contributed by atoms with Crippen LogP contribution < -0.4 is 16.4 Å². The predicted octanol–water partition coefficient (Wildman–Crippen LogP) is 1.81. The average Bonchev–Trinajstić information content (AvgIpc) is 3.05. The van der Waals surface area contributed by atoms with E-state index in [9.17, 15) is 9.59 Å². The molecule has 0 saturated heterocycles. The van der Waals surface area contributed by atoms with E-state index in [0.717, 1.165) is 40.7 Å². The fourth-order valence-electron chi connectivity index (χ4n) is 3.52. The second-order valence-electron chi connectivity index (χ2n) is 6.33. The van der Waals surface area contributed by atoms with Crippen LogP contribution in [0.25, 0.3) is 21.0 Å². The van der Waals surface area contributed by atoms with Crippen molar-refractivity contribution in [2.45, 2.75) is 19.5 Å². The molecule has 0 unspecified atom stereocenters. The van der Waals surface area contributed by atoms with Gasteiger partial charge in [-0.3, -0.25) is 14.2 Å². The van der Waals surface area contributed by atoms with Crippen LogP contribution in [0.4, 0.5) is 0 Å². The summed E-state index contributed by atoms with van der Waals surface area (Å²) in [6, 6.07) is 7.28. The molecule has 3 aromatic heterocycles. The van der Waals surface area contributed by atoms with Crippen LogP contribution in [0.2, 0.25) is 0 Å². The number of H-pyrrole nitrogens is 1. The minimum atomic E-state index is -0.232. The first-order valence-electron chi connectivity index (χ1n) is 8.39. The number of halogens is 1. The van der Waals surface area contributed by atoms with Gasteiger partial charge in [0.05, 0.1) is 29.3 Å². The van der Waals surface area contributed by atoms with Crippen molar-refractivity contribution in [2.75, 3.05) is 6.54 Å². The Morgan fingerprint density at radius 2 is 2.00 bits per heavy atom. The van der Waals surface area contributed by atoms with Gasteiger partial charge in [0.25, 0.3) is 11.1 Å². The third-order valence-electron chi connectivity index (χ3n) is 4.79. The van der Waals surface area contributed by atoms with Gasteiger partial charge in [0.2, 0.25) is 0 Å². The van der Waals surface area contributed by atoms with Crippen molar-refractivity contribution in [1.82, 2.24) is 25.1 Å². The largest absolute Gasteiger partial charge is 0.312 e. The second-order valence-corrected chi connectivity index (χ2v) is 7.42. The number of nitrogens with one attached hydrogen (secondary N) is 2. The van der Waals surface area contributed by atoms with Crippen LogP contribution in [-0.2, 0) is 19.5 Å². The number of nitrogens with zero attached hydrogens (tertiary/aromatic N) is 3. The highest BCUT2D eigenvalue weighted by molar-refractivity contribution is 7.18. The van der Waals surface area contributed by atoms with Gasteiger partial charge in [-0.25, -0.2) is 10.1 Å². The highest BCUT2D eigenvalue weighted by Crippen LogP contribution is 2.29. The van der Waals surface area contributed by atoms with Crippen LogP contribution in [-0.4, -0.2) is 26.3 Å². The van der Waals surface area contributed by atoms with Crippen molar-refractivity contribution in [2.24, 2.45) is 0 Å². The number of thiophene rings is 1. The monoisotopic (exact) mass is 401 g/mol. The molecule has 27 heavy (non-hydrogen) atoms. The number of hydrogen-bond acceptors (Lipinski definition) is 6. The Morgan fingerprint density at radius 3 is 2.85 bits per heavy atom. The molecular formula is C18H16ClN5O2S. The predicted molar refractivity (Wildman–Crippen MR) is 108 cm³/mol. The smallest absolute Gasteiger partial charge is 0.272 e. The maximum absolute atomic E-state index is 13.1. The highest BCUT2D eigenvalue weighted by atomic mass is 35.5. The number of benzene rings is 1. The summed E-state index contributed by atoms with van der Waals surface area (Å²) in [4.78, 5) is 31.5. The lowest BCUT2D eigenvalue weighted by atomic mass is 10.1. The van der Waals surface area contributed by atoms with Crippen LogP contribution in [0.3, 0.4) is 0 Å². The summed E-state index contributed by atoms with van der Waals surface area (Å²) in [5.41, 5.74) is 1.49. The van der Waals surface area contributed by atoms with E-state index >= 15 is 0 Å². The second kappa shape index (κ2) is 6.88. The van der Waals surface area contributed by atoms with Gasteiger partial charge in [-0.2, -0.15) is 5.10 Å². The third kappa shape index (κ3) is 2.86. The number of fused-ring (bicyclic) bond motifs is 4. The molecule has 4 aromatic rings. The molecule has 1 aliphatic heterocycles. The molecule has 7 nitrogen and oxygen atoms in total. The zero-order valence-corrected chi connectivity index (χ0v) is 15.8. The van der Waals surface area contributed by atoms with E-state index < -0.39 is 0 Å². The van der Waals surface area contributed by atoms with Crippen molar-refractivity contribution >= 4 is 44.7 Å². The fourth-order valence-corrected chi connectivity index (χ4v) is 4.66. The maximum atomic E-state index is 13.1. The Balaban J connectivity index is 0.00000180. The first-order chi connectivity index (χ1) is 12.7. The van der Waals surface area contributed by atoms with E-state index in [-0.39, 0.29) is 30.1 Å². The van der Waals surface area contributed by atoms with E-state index in [0.29, 0.717) is 11.1 Å². The van der Waals surface area contributed by atoms with Gasteiger partial charge >= 0.3 is 0 Å². The average molecular weight is 402 g/mol. The Kier molecular flexibility index (Phi) is 4.55. The standard InChI is InChI=1S/C18H15N5O2S.ClH/c24-16-11-4-2-1-3-10(11)13(21-22-16)8-23-9-20-17-15(18(23)25)12-5-6-19-7-14(12)26-17;/h1-4,9,19H,5-8H2,(H,22,24);1H. The zero-order chi connectivity index (χ0) is 17.7. The molecule has 5 rings (SSSR count). The summed E-state index contributed by atoms with van der Waals surface area (Å²) in [7, 11) is 0.